The van der Waals surface area contributed by atoms with E-state index in [1.165, 1.54) is 0 Å². The number of likely N-dealkylation sites (tertiary alicyclic amines) is 1. The van der Waals surface area contributed by atoms with Gasteiger partial charge >= 0.3 is 0 Å². The standard InChI is InChI=1S/C20H31N3O3.ClH/c1-3-15(2)26-18-9-7-16(8-10-18)20(25)23-13-5-4-6-17(23)14-22-19(24)11-12-21;/h7-10,15,17H,3-6,11-14,21H2,1-2H3,(H,22,24);1H. The zero-order chi connectivity index (χ0) is 18.9. The average molecular weight is 398 g/mol. The van der Waals surface area contributed by atoms with E-state index in [4.69, 9.17) is 10.5 Å². The molecule has 1 aromatic rings. The number of amides is 2. The zero-order valence-corrected chi connectivity index (χ0v) is 17.1. The summed E-state index contributed by atoms with van der Waals surface area (Å²) in [4.78, 5) is 26.5. The maximum absolute atomic E-state index is 12.9. The summed E-state index contributed by atoms with van der Waals surface area (Å²) < 4.78 is 5.77. The molecule has 2 atom stereocenters. The molecular weight excluding hydrogens is 366 g/mol. The second-order valence-corrected chi connectivity index (χ2v) is 6.85. The Kier molecular flexibility index (Phi) is 10.2. The summed E-state index contributed by atoms with van der Waals surface area (Å²) in [5.74, 6) is 0.732. The lowest BCUT2D eigenvalue weighted by Crippen LogP contribution is -2.49. The molecule has 6 nitrogen and oxygen atoms in total. The van der Waals surface area contributed by atoms with Gasteiger partial charge in [-0.3, -0.25) is 9.59 Å². The Hall–Kier alpha value is -1.79. The highest BCUT2D eigenvalue weighted by molar-refractivity contribution is 5.94. The summed E-state index contributed by atoms with van der Waals surface area (Å²) in [7, 11) is 0. The Labute approximate surface area is 168 Å². The summed E-state index contributed by atoms with van der Waals surface area (Å²) in [5, 5.41) is 2.89. The van der Waals surface area contributed by atoms with Gasteiger partial charge < -0.3 is 20.7 Å². The summed E-state index contributed by atoms with van der Waals surface area (Å²) in [6, 6.07) is 7.37. The van der Waals surface area contributed by atoms with E-state index >= 15 is 0 Å². The van der Waals surface area contributed by atoms with E-state index in [0.717, 1.165) is 38.0 Å². The highest BCUT2D eigenvalue weighted by Gasteiger charge is 2.27. The number of rotatable bonds is 8. The maximum Gasteiger partial charge on any atom is 0.254 e. The number of nitrogens with zero attached hydrogens (tertiary/aromatic N) is 1. The molecule has 1 aliphatic rings. The lowest BCUT2D eigenvalue weighted by atomic mass is 10.0. The Balaban J connectivity index is 0.00000364. The number of hydrogen-bond donors (Lipinski definition) is 2. The van der Waals surface area contributed by atoms with Gasteiger partial charge in [0.15, 0.2) is 0 Å². The van der Waals surface area contributed by atoms with Crippen molar-refractivity contribution >= 4 is 24.2 Å². The SMILES string of the molecule is CCC(C)Oc1ccc(C(=O)N2CCCCC2CNC(=O)CCN)cc1.Cl. The van der Waals surface area contributed by atoms with Gasteiger partial charge in [-0.15, -0.1) is 12.4 Å². The molecule has 1 saturated heterocycles. The highest BCUT2D eigenvalue weighted by Crippen LogP contribution is 2.21. The number of piperidine rings is 1. The predicted molar refractivity (Wildman–Crippen MR) is 109 cm³/mol. The van der Waals surface area contributed by atoms with Gasteiger partial charge in [-0.1, -0.05) is 6.92 Å². The van der Waals surface area contributed by atoms with Crippen molar-refractivity contribution < 1.29 is 14.3 Å². The summed E-state index contributed by atoms with van der Waals surface area (Å²) in [6.07, 6.45) is 4.38. The van der Waals surface area contributed by atoms with E-state index in [-0.39, 0.29) is 36.4 Å². The van der Waals surface area contributed by atoms with Crippen LogP contribution in [-0.2, 0) is 4.79 Å². The Morgan fingerprint density at radius 1 is 1.30 bits per heavy atom. The van der Waals surface area contributed by atoms with Crippen molar-refractivity contribution in [2.24, 2.45) is 5.73 Å². The van der Waals surface area contributed by atoms with E-state index in [2.05, 4.69) is 12.2 Å². The van der Waals surface area contributed by atoms with Crippen LogP contribution >= 0.6 is 12.4 Å². The Morgan fingerprint density at radius 3 is 2.63 bits per heavy atom. The molecule has 0 aromatic heterocycles. The molecule has 3 N–H and O–H groups in total. The fourth-order valence-electron chi connectivity index (χ4n) is 3.09. The molecule has 1 fully saturated rings. The van der Waals surface area contributed by atoms with E-state index in [0.29, 0.717) is 25.1 Å². The van der Waals surface area contributed by atoms with Crippen LogP contribution in [0.1, 0.15) is 56.3 Å². The molecule has 2 rings (SSSR count). The van der Waals surface area contributed by atoms with Crippen LogP contribution in [0.3, 0.4) is 0 Å². The molecule has 7 heteroatoms. The monoisotopic (exact) mass is 397 g/mol. The van der Waals surface area contributed by atoms with Crippen molar-refractivity contribution in [2.45, 2.75) is 58.1 Å². The van der Waals surface area contributed by atoms with Crippen LogP contribution < -0.4 is 15.8 Å². The second kappa shape index (κ2) is 11.8. The fourth-order valence-corrected chi connectivity index (χ4v) is 3.09. The van der Waals surface area contributed by atoms with Gasteiger partial charge in [-0.25, -0.2) is 0 Å². The molecular formula is C20H32ClN3O3. The third-order valence-electron chi connectivity index (χ3n) is 4.81. The van der Waals surface area contributed by atoms with Crippen molar-refractivity contribution in [1.82, 2.24) is 10.2 Å². The largest absolute Gasteiger partial charge is 0.491 e. The lowest BCUT2D eigenvalue weighted by molar-refractivity contribution is -0.121. The summed E-state index contributed by atoms with van der Waals surface area (Å²) in [6.45, 7) is 5.65. The van der Waals surface area contributed by atoms with E-state index in [9.17, 15) is 9.59 Å². The van der Waals surface area contributed by atoms with Crippen LogP contribution in [0.15, 0.2) is 24.3 Å². The van der Waals surface area contributed by atoms with Crippen molar-refractivity contribution in [3.05, 3.63) is 29.8 Å². The molecule has 2 unspecified atom stereocenters. The fraction of sp³-hybridized carbons (Fsp3) is 0.600. The van der Waals surface area contributed by atoms with Gasteiger partial charge in [0, 0.05) is 37.7 Å². The van der Waals surface area contributed by atoms with E-state index in [1.807, 2.05) is 36.1 Å². The molecule has 1 heterocycles. The number of nitrogens with two attached hydrogens (primary N) is 1. The smallest absolute Gasteiger partial charge is 0.254 e. The lowest BCUT2D eigenvalue weighted by Gasteiger charge is -2.36. The molecule has 0 bridgehead atoms. The van der Waals surface area contributed by atoms with Gasteiger partial charge in [-0.05, 0) is 56.9 Å². The molecule has 2 amide bonds. The quantitative estimate of drug-likeness (QED) is 0.706. The minimum Gasteiger partial charge on any atom is -0.491 e. The van der Waals surface area contributed by atoms with Crippen LogP contribution in [0.2, 0.25) is 0 Å². The first-order chi connectivity index (χ1) is 12.5. The van der Waals surface area contributed by atoms with Crippen LogP contribution in [0.5, 0.6) is 5.75 Å². The van der Waals surface area contributed by atoms with E-state index < -0.39 is 0 Å². The first-order valence-corrected chi connectivity index (χ1v) is 9.59. The first kappa shape index (κ1) is 23.2. The number of carbonyl (C=O) groups is 2. The van der Waals surface area contributed by atoms with Crippen molar-refractivity contribution in [1.29, 1.82) is 0 Å². The molecule has 27 heavy (non-hydrogen) atoms. The number of benzene rings is 1. The number of halogens is 1. The van der Waals surface area contributed by atoms with Gasteiger partial charge in [0.05, 0.1) is 6.10 Å². The predicted octanol–water partition coefficient (Wildman–Crippen LogP) is 2.75. The van der Waals surface area contributed by atoms with Crippen molar-refractivity contribution in [3.8, 4) is 5.75 Å². The number of hydrogen-bond acceptors (Lipinski definition) is 4. The van der Waals surface area contributed by atoms with Gasteiger partial charge in [0.2, 0.25) is 5.91 Å². The Morgan fingerprint density at radius 2 is 2.00 bits per heavy atom. The molecule has 1 aromatic carbocycles. The van der Waals surface area contributed by atoms with Crippen LogP contribution in [-0.4, -0.2) is 48.5 Å². The molecule has 0 radical (unpaired) electrons. The number of ether oxygens (including phenoxy) is 1. The maximum atomic E-state index is 12.9. The van der Waals surface area contributed by atoms with Crippen molar-refractivity contribution in [2.75, 3.05) is 19.6 Å². The number of nitrogens with one attached hydrogen (secondary N) is 1. The summed E-state index contributed by atoms with van der Waals surface area (Å²) >= 11 is 0. The zero-order valence-electron chi connectivity index (χ0n) is 16.3. The molecule has 1 aliphatic heterocycles. The van der Waals surface area contributed by atoms with Crippen LogP contribution in [0.25, 0.3) is 0 Å². The first-order valence-electron chi connectivity index (χ1n) is 9.59. The number of carbonyl (C=O) groups excluding carboxylic acids is 2. The van der Waals surface area contributed by atoms with Gasteiger partial charge in [0.1, 0.15) is 5.75 Å². The average Bonchev–Trinajstić information content (AvgIpc) is 2.67. The molecule has 0 aliphatic carbocycles. The molecule has 0 saturated carbocycles. The molecule has 0 spiro atoms. The topological polar surface area (TPSA) is 84.7 Å². The van der Waals surface area contributed by atoms with E-state index in [1.54, 1.807) is 0 Å². The van der Waals surface area contributed by atoms with Crippen LogP contribution in [0.4, 0.5) is 0 Å². The summed E-state index contributed by atoms with van der Waals surface area (Å²) in [5.41, 5.74) is 6.06. The second-order valence-electron chi connectivity index (χ2n) is 6.85. The Bertz CT molecular complexity index is 595. The minimum atomic E-state index is -0.0583. The van der Waals surface area contributed by atoms with Crippen LogP contribution in [0, 0.1) is 0 Å². The van der Waals surface area contributed by atoms with Gasteiger partial charge in [-0.2, -0.15) is 0 Å². The third kappa shape index (κ3) is 7.03. The minimum absolute atomic E-state index is 0. The molecule has 152 valence electrons. The highest BCUT2D eigenvalue weighted by atomic mass is 35.5. The normalized spacial score (nSPS) is 17.6. The van der Waals surface area contributed by atoms with Gasteiger partial charge in [0.25, 0.3) is 5.91 Å². The third-order valence-corrected chi connectivity index (χ3v) is 4.81. The van der Waals surface area contributed by atoms with Crippen molar-refractivity contribution in [3.63, 3.8) is 0 Å².